The smallest absolute Gasteiger partial charge is 0.257 e. The fraction of sp³-hybridized carbons (Fsp3) is 0.214. The van der Waals surface area contributed by atoms with Crippen molar-refractivity contribution in [3.63, 3.8) is 0 Å². The second-order valence-corrected chi connectivity index (χ2v) is 3.92. The molecule has 5 heteroatoms. The van der Waals surface area contributed by atoms with E-state index in [1.807, 2.05) is 30.3 Å². The molecule has 5 nitrogen and oxygen atoms in total. The lowest BCUT2D eigenvalue weighted by Crippen LogP contribution is -2.24. The van der Waals surface area contributed by atoms with Crippen molar-refractivity contribution in [2.75, 3.05) is 19.0 Å². The van der Waals surface area contributed by atoms with Crippen LogP contribution in [0.25, 0.3) is 0 Å². The van der Waals surface area contributed by atoms with E-state index >= 15 is 0 Å². The van der Waals surface area contributed by atoms with Gasteiger partial charge in [-0.05, 0) is 24.3 Å². The number of benzene rings is 1. The van der Waals surface area contributed by atoms with E-state index < -0.39 is 0 Å². The summed E-state index contributed by atoms with van der Waals surface area (Å²) in [4.78, 5) is 11.1. The Morgan fingerprint density at radius 2 is 2.21 bits per heavy atom. The minimum Gasteiger partial charge on any atom is -0.484 e. The van der Waals surface area contributed by atoms with Crippen molar-refractivity contribution in [1.82, 2.24) is 5.32 Å². The Bertz CT molecular complexity index is 523. The first-order valence-corrected chi connectivity index (χ1v) is 5.97. The van der Waals surface area contributed by atoms with Gasteiger partial charge in [0.1, 0.15) is 11.5 Å². The first-order chi connectivity index (χ1) is 9.28. The summed E-state index contributed by atoms with van der Waals surface area (Å²) < 4.78 is 10.6. The molecule has 1 aromatic carbocycles. The predicted molar refractivity (Wildman–Crippen MR) is 72.0 cm³/mol. The number of likely N-dealkylation sites (N-methyl/N-ethyl adjacent to an activating group) is 1. The van der Waals surface area contributed by atoms with E-state index in [0.717, 1.165) is 11.4 Å². The summed E-state index contributed by atoms with van der Waals surface area (Å²) in [6.45, 7) is 0.615. The van der Waals surface area contributed by atoms with E-state index in [4.69, 9.17) is 9.15 Å². The molecule has 2 aromatic rings. The van der Waals surface area contributed by atoms with Gasteiger partial charge in [-0.15, -0.1) is 0 Å². The van der Waals surface area contributed by atoms with E-state index in [2.05, 4.69) is 10.6 Å². The maximum Gasteiger partial charge on any atom is 0.257 e. The van der Waals surface area contributed by atoms with Gasteiger partial charge in [-0.1, -0.05) is 6.07 Å². The highest BCUT2D eigenvalue weighted by Gasteiger charge is 2.01. The molecular formula is C14H16N2O3. The lowest BCUT2D eigenvalue weighted by molar-refractivity contribution is -0.122. The normalized spacial score (nSPS) is 9.95. The van der Waals surface area contributed by atoms with E-state index in [9.17, 15) is 4.79 Å². The van der Waals surface area contributed by atoms with Gasteiger partial charge in [-0.25, -0.2) is 0 Å². The molecule has 19 heavy (non-hydrogen) atoms. The summed E-state index contributed by atoms with van der Waals surface area (Å²) in [5.41, 5.74) is 0.908. The summed E-state index contributed by atoms with van der Waals surface area (Å²) in [5.74, 6) is 1.35. The highest BCUT2D eigenvalue weighted by Crippen LogP contribution is 2.18. The Morgan fingerprint density at radius 1 is 1.32 bits per heavy atom. The number of carbonyl (C=O) groups is 1. The number of carbonyl (C=O) groups excluding carboxylic acids is 1. The van der Waals surface area contributed by atoms with E-state index in [0.29, 0.717) is 12.3 Å². The Kier molecular flexibility index (Phi) is 4.44. The van der Waals surface area contributed by atoms with Crippen LogP contribution in [0.1, 0.15) is 5.76 Å². The molecule has 100 valence electrons. The molecule has 0 bridgehead atoms. The molecule has 0 fully saturated rings. The molecule has 0 atom stereocenters. The van der Waals surface area contributed by atoms with Crippen LogP contribution in [0.15, 0.2) is 47.1 Å². The number of ether oxygens (including phenoxy) is 1. The number of hydrogen-bond donors (Lipinski definition) is 2. The van der Waals surface area contributed by atoms with Gasteiger partial charge in [-0.2, -0.15) is 0 Å². The van der Waals surface area contributed by atoms with Crippen LogP contribution >= 0.6 is 0 Å². The van der Waals surface area contributed by atoms with Gasteiger partial charge >= 0.3 is 0 Å². The maximum absolute atomic E-state index is 11.1. The number of amides is 1. The molecule has 0 unspecified atom stereocenters. The molecule has 1 aromatic heterocycles. The van der Waals surface area contributed by atoms with Crippen molar-refractivity contribution in [2.45, 2.75) is 6.54 Å². The second-order valence-electron chi connectivity index (χ2n) is 3.92. The topological polar surface area (TPSA) is 63.5 Å². The molecule has 0 saturated heterocycles. The third-order valence-electron chi connectivity index (χ3n) is 2.53. The third kappa shape index (κ3) is 4.06. The Balaban J connectivity index is 1.89. The Morgan fingerprint density at radius 3 is 2.95 bits per heavy atom. The molecule has 2 rings (SSSR count). The van der Waals surface area contributed by atoms with Crippen molar-refractivity contribution in [3.8, 4) is 5.75 Å². The molecular weight excluding hydrogens is 244 g/mol. The summed E-state index contributed by atoms with van der Waals surface area (Å²) >= 11 is 0. The van der Waals surface area contributed by atoms with Gasteiger partial charge in [-0.3, -0.25) is 4.79 Å². The van der Waals surface area contributed by atoms with E-state index in [-0.39, 0.29) is 12.5 Å². The lowest BCUT2D eigenvalue weighted by atomic mass is 10.3. The molecule has 0 saturated carbocycles. The zero-order valence-electron chi connectivity index (χ0n) is 10.7. The highest BCUT2D eigenvalue weighted by molar-refractivity contribution is 5.77. The largest absolute Gasteiger partial charge is 0.484 e. The standard InChI is InChI=1S/C14H16N2O3/c1-15-14(17)10-19-12-5-2-4-11(8-12)16-9-13-6-3-7-18-13/h2-8,16H,9-10H2,1H3,(H,15,17). The fourth-order valence-corrected chi connectivity index (χ4v) is 1.52. The molecule has 0 radical (unpaired) electrons. The van der Waals surface area contributed by atoms with Crippen LogP contribution in [0.5, 0.6) is 5.75 Å². The highest BCUT2D eigenvalue weighted by atomic mass is 16.5. The Hall–Kier alpha value is -2.43. The van der Waals surface area contributed by atoms with Crippen LogP contribution in [0.4, 0.5) is 5.69 Å². The third-order valence-corrected chi connectivity index (χ3v) is 2.53. The van der Waals surface area contributed by atoms with Crippen molar-refractivity contribution in [3.05, 3.63) is 48.4 Å². The quantitative estimate of drug-likeness (QED) is 0.834. The summed E-state index contributed by atoms with van der Waals surface area (Å²) in [5, 5.41) is 5.72. The van der Waals surface area contributed by atoms with Crippen LogP contribution in [-0.2, 0) is 11.3 Å². The summed E-state index contributed by atoms with van der Waals surface area (Å²) in [6.07, 6.45) is 1.64. The molecule has 1 amide bonds. The van der Waals surface area contributed by atoms with Crippen LogP contribution in [0.3, 0.4) is 0 Å². The van der Waals surface area contributed by atoms with Gasteiger partial charge in [0.25, 0.3) is 5.91 Å². The van der Waals surface area contributed by atoms with Crippen LogP contribution in [-0.4, -0.2) is 19.6 Å². The van der Waals surface area contributed by atoms with Crippen molar-refractivity contribution >= 4 is 11.6 Å². The van der Waals surface area contributed by atoms with Gasteiger partial charge in [0.05, 0.1) is 12.8 Å². The van der Waals surface area contributed by atoms with E-state index in [1.165, 1.54) is 0 Å². The number of hydrogen-bond acceptors (Lipinski definition) is 4. The van der Waals surface area contributed by atoms with Crippen molar-refractivity contribution in [2.24, 2.45) is 0 Å². The van der Waals surface area contributed by atoms with Crippen LogP contribution < -0.4 is 15.4 Å². The maximum atomic E-state index is 11.1. The molecule has 0 aliphatic heterocycles. The second kappa shape index (κ2) is 6.49. The first kappa shape index (κ1) is 13.0. The fourth-order valence-electron chi connectivity index (χ4n) is 1.52. The number of anilines is 1. The van der Waals surface area contributed by atoms with Gasteiger partial charge in [0.2, 0.25) is 0 Å². The first-order valence-electron chi connectivity index (χ1n) is 5.97. The minimum atomic E-state index is -0.158. The summed E-state index contributed by atoms with van der Waals surface area (Å²) in [7, 11) is 1.58. The number of nitrogens with one attached hydrogen (secondary N) is 2. The van der Waals surface area contributed by atoms with Crippen molar-refractivity contribution < 1.29 is 13.9 Å². The SMILES string of the molecule is CNC(=O)COc1cccc(NCc2ccco2)c1. The average Bonchev–Trinajstić information content (AvgIpc) is 2.96. The number of furan rings is 1. The molecule has 0 spiro atoms. The molecule has 2 N–H and O–H groups in total. The minimum absolute atomic E-state index is 0.0120. The zero-order chi connectivity index (χ0) is 13.5. The van der Waals surface area contributed by atoms with Gasteiger partial charge in [0, 0.05) is 18.8 Å². The van der Waals surface area contributed by atoms with Gasteiger partial charge in [0.15, 0.2) is 6.61 Å². The lowest BCUT2D eigenvalue weighted by Gasteiger charge is -2.08. The zero-order valence-corrected chi connectivity index (χ0v) is 10.7. The monoisotopic (exact) mass is 260 g/mol. The Labute approximate surface area is 111 Å². The summed E-state index contributed by atoms with van der Waals surface area (Å²) in [6, 6.07) is 11.2. The number of rotatable bonds is 6. The van der Waals surface area contributed by atoms with E-state index in [1.54, 1.807) is 19.4 Å². The van der Waals surface area contributed by atoms with Crippen molar-refractivity contribution in [1.29, 1.82) is 0 Å². The van der Waals surface area contributed by atoms with Crippen LogP contribution in [0.2, 0.25) is 0 Å². The molecule has 1 heterocycles. The van der Waals surface area contributed by atoms with Gasteiger partial charge < -0.3 is 19.8 Å². The molecule has 0 aliphatic rings. The van der Waals surface area contributed by atoms with Crippen LogP contribution in [0, 0.1) is 0 Å². The predicted octanol–water partition coefficient (Wildman–Crippen LogP) is 2.02. The molecule has 0 aliphatic carbocycles. The average molecular weight is 260 g/mol.